The first kappa shape index (κ1) is 14.3. The van der Waals surface area contributed by atoms with Gasteiger partial charge in [0.15, 0.2) is 16.7 Å². The van der Waals surface area contributed by atoms with Crippen molar-refractivity contribution in [3.8, 4) is 11.5 Å². The fourth-order valence-electron chi connectivity index (χ4n) is 2.14. The fraction of sp³-hybridized carbons (Fsp3) is 0.308. The van der Waals surface area contributed by atoms with Crippen molar-refractivity contribution in [2.75, 3.05) is 27.3 Å². The van der Waals surface area contributed by atoms with E-state index >= 15 is 0 Å². The lowest BCUT2D eigenvalue weighted by Gasteiger charge is -2.17. The molecule has 0 N–H and O–H groups in total. The molecule has 4 nitrogen and oxygen atoms in total. The second kappa shape index (κ2) is 5.88. The third-order valence-electron chi connectivity index (χ3n) is 3.05. The minimum atomic E-state index is 0. The number of rotatable bonds is 3. The number of methoxy groups -OCH3 is 2. The Balaban J connectivity index is 0.00000133. The molecule has 2 heterocycles. The highest BCUT2D eigenvalue weighted by Crippen LogP contribution is 2.38. The van der Waals surface area contributed by atoms with Crippen molar-refractivity contribution in [2.24, 2.45) is 4.99 Å². The average molecular weight is 343 g/mol. The molecular formula is C13H15BrN2O2S. The Kier molecular flexibility index (Phi) is 4.42. The van der Waals surface area contributed by atoms with Gasteiger partial charge in [-0.05, 0) is 18.2 Å². The summed E-state index contributed by atoms with van der Waals surface area (Å²) in [5.74, 6) is 1.51. The summed E-state index contributed by atoms with van der Waals surface area (Å²) in [6, 6.07) is 5.99. The van der Waals surface area contributed by atoms with Crippen molar-refractivity contribution < 1.29 is 9.47 Å². The molecule has 1 aromatic carbocycles. The number of benzene rings is 1. The van der Waals surface area contributed by atoms with Gasteiger partial charge in [-0.25, -0.2) is 0 Å². The molecular weight excluding hydrogens is 328 g/mol. The van der Waals surface area contributed by atoms with Gasteiger partial charge in [0, 0.05) is 17.5 Å². The summed E-state index contributed by atoms with van der Waals surface area (Å²) < 4.78 is 10.6. The van der Waals surface area contributed by atoms with Crippen LogP contribution in [0.2, 0.25) is 0 Å². The van der Waals surface area contributed by atoms with Gasteiger partial charge in [0.1, 0.15) is 0 Å². The van der Waals surface area contributed by atoms with Crippen molar-refractivity contribution in [1.29, 1.82) is 0 Å². The van der Waals surface area contributed by atoms with Gasteiger partial charge in [-0.2, -0.15) is 0 Å². The SMILES string of the molecule is Br.COc1ccc(C2=CSC3=NCCN23)cc1OC. The third-order valence-corrected chi connectivity index (χ3v) is 3.95. The van der Waals surface area contributed by atoms with E-state index in [1.165, 1.54) is 5.70 Å². The number of fused-ring (bicyclic) bond motifs is 1. The van der Waals surface area contributed by atoms with E-state index in [1.807, 2.05) is 12.1 Å². The molecule has 19 heavy (non-hydrogen) atoms. The minimum Gasteiger partial charge on any atom is -0.493 e. The van der Waals surface area contributed by atoms with Crippen LogP contribution in [0.3, 0.4) is 0 Å². The molecule has 0 fully saturated rings. The quantitative estimate of drug-likeness (QED) is 0.845. The van der Waals surface area contributed by atoms with Crippen molar-refractivity contribution in [1.82, 2.24) is 4.90 Å². The van der Waals surface area contributed by atoms with Gasteiger partial charge in [-0.15, -0.1) is 17.0 Å². The number of halogens is 1. The molecule has 0 aliphatic carbocycles. The predicted molar refractivity (Wildman–Crippen MR) is 84.4 cm³/mol. The van der Waals surface area contributed by atoms with E-state index < -0.39 is 0 Å². The molecule has 0 unspecified atom stereocenters. The smallest absolute Gasteiger partial charge is 0.168 e. The van der Waals surface area contributed by atoms with Crippen LogP contribution in [0, 0.1) is 0 Å². The molecule has 1 aromatic rings. The molecule has 0 saturated heterocycles. The van der Waals surface area contributed by atoms with E-state index in [4.69, 9.17) is 9.47 Å². The molecule has 3 rings (SSSR count). The van der Waals surface area contributed by atoms with Gasteiger partial charge in [0.05, 0.1) is 26.5 Å². The number of amidine groups is 1. The Morgan fingerprint density at radius 2 is 2.00 bits per heavy atom. The van der Waals surface area contributed by atoms with E-state index in [1.54, 1.807) is 26.0 Å². The topological polar surface area (TPSA) is 34.1 Å². The minimum absolute atomic E-state index is 0. The van der Waals surface area contributed by atoms with Crippen LogP contribution in [0.25, 0.3) is 5.70 Å². The molecule has 2 aliphatic heterocycles. The van der Waals surface area contributed by atoms with Crippen molar-refractivity contribution in [3.05, 3.63) is 29.2 Å². The maximum absolute atomic E-state index is 5.34. The van der Waals surface area contributed by atoms with Gasteiger partial charge in [0.25, 0.3) is 0 Å². The zero-order valence-corrected chi connectivity index (χ0v) is 13.3. The summed E-state index contributed by atoms with van der Waals surface area (Å²) in [6.07, 6.45) is 0. The Labute approximate surface area is 127 Å². The van der Waals surface area contributed by atoms with Crippen molar-refractivity contribution in [3.63, 3.8) is 0 Å². The first-order chi connectivity index (χ1) is 8.83. The summed E-state index contributed by atoms with van der Waals surface area (Å²) in [6.45, 7) is 1.84. The summed E-state index contributed by atoms with van der Waals surface area (Å²) in [4.78, 5) is 6.69. The van der Waals surface area contributed by atoms with E-state index in [0.717, 1.165) is 35.3 Å². The molecule has 102 valence electrons. The van der Waals surface area contributed by atoms with Crippen LogP contribution in [-0.4, -0.2) is 37.4 Å². The number of hydrogen-bond donors (Lipinski definition) is 0. The zero-order chi connectivity index (χ0) is 12.5. The maximum Gasteiger partial charge on any atom is 0.168 e. The van der Waals surface area contributed by atoms with Crippen LogP contribution in [0.15, 0.2) is 28.6 Å². The van der Waals surface area contributed by atoms with E-state index in [0.29, 0.717) is 0 Å². The van der Waals surface area contributed by atoms with Gasteiger partial charge in [-0.3, -0.25) is 4.99 Å². The van der Waals surface area contributed by atoms with E-state index in [9.17, 15) is 0 Å². The number of nitrogens with zero attached hydrogens (tertiary/aromatic N) is 2. The van der Waals surface area contributed by atoms with Crippen LogP contribution in [0.1, 0.15) is 5.56 Å². The van der Waals surface area contributed by atoms with E-state index in [-0.39, 0.29) is 17.0 Å². The maximum atomic E-state index is 5.34. The molecule has 0 radical (unpaired) electrons. The fourth-order valence-corrected chi connectivity index (χ4v) is 3.11. The second-order valence-corrected chi connectivity index (χ2v) is 4.84. The highest BCUT2D eigenvalue weighted by Gasteiger charge is 2.27. The lowest BCUT2D eigenvalue weighted by atomic mass is 10.1. The largest absolute Gasteiger partial charge is 0.493 e. The van der Waals surface area contributed by atoms with Crippen molar-refractivity contribution >= 4 is 39.6 Å². The van der Waals surface area contributed by atoms with Crippen LogP contribution in [-0.2, 0) is 0 Å². The molecule has 6 heteroatoms. The Hall–Kier alpha value is -1.14. The van der Waals surface area contributed by atoms with Crippen molar-refractivity contribution in [2.45, 2.75) is 0 Å². The summed E-state index contributed by atoms with van der Waals surface area (Å²) >= 11 is 1.68. The highest BCUT2D eigenvalue weighted by atomic mass is 79.9. The standard InChI is InChI=1S/C13H14N2O2S.BrH/c1-16-11-4-3-9(7-12(11)17-2)10-8-18-13-14-5-6-15(10)13;/h3-4,7-8H,5-6H2,1-2H3;1H. The Morgan fingerprint density at radius 1 is 1.21 bits per heavy atom. The van der Waals surface area contributed by atoms with Crippen LogP contribution in [0.5, 0.6) is 11.5 Å². The molecule has 2 aliphatic rings. The number of ether oxygens (including phenoxy) is 2. The summed E-state index contributed by atoms with van der Waals surface area (Å²) in [7, 11) is 3.30. The van der Waals surface area contributed by atoms with Gasteiger partial charge in [0.2, 0.25) is 0 Å². The first-order valence-electron chi connectivity index (χ1n) is 5.74. The van der Waals surface area contributed by atoms with Gasteiger partial charge < -0.3 is 14.4 Å². The molecule has 0 bridgehead atoms. The molecule has 0 atom stereocenters. The third kappa shape index (κ3) is 2.47. The van der Waals surface area contributed by atoms with Crippen LogP contribution >= 0.6 is 28.7 Å². The number of aliphatic imine (C=N–C) groups is 1. The van der Waals surface area contributed by atoms with Gasteiger partial charge in [-0.1, -0.05) is 11.8 Å². The predicted octanol–water partition coefficient (Wildman–Crippen LogP) is 3.00. The molecule has 0 spiro atoms. The van der Waals surface area contributed by atoms with Crippen LogP contribution in [0.4, 0.5) is 0 Å². The summed E-state index contributed by atoms with van der Waals surface area (Å²) in [5.41, 5.74) is 2.32. The number of hydrogen-bond acceptors (Lipinski definition) is 5. The zero-order valence-electron chi connectivity index (χ0n) is 10.8. The Morgan fingerprint density at radius 3 is 2.74 bits per heavy atom. The highest BCUT2D eigenvalue weighted by molar-refractivity contribution is 8.93. The van der Waals surface area contributed by atoms with Gasteiger partial charge >= 0.3 is 0 Å². The monoisotopic (exact) mass is 342 g/mol. The van der Waals surface area contributed by atoms with E-state index in [2.05, 4.69) is 21.4 Å². The normalized spacial score (nSPS) is 16.4. The second-order valence-electron chi connectivity index (χ2n) is 4.01. The average Bonchev–Trinajstić information content (AvgIpc) is 3.00. The molecule has 0 saturated carbocycles. The summed E-state index contributed by atoms with van der Waals surface area (Å²) in [5, 5.41) is 3.24. The lowest BCUT2D eigenvalue weighted by molar-refractivity contribution is 0.355. The lowest BCUT2D eigenvalue weighted by Crippen LogP contribution is -2.19. The molecule has 0 amide bonds. The first-order valence-corrected chi connectivity index (χ1v) is 6.62. The van der Waals surface area contributed by atoms with Crippen LogP contribution < -0.4 is 9.47 Å². The molecule has 0 aromatic heterocycles. The Bertz CT molecular complexity index is 545. The number of thioether (sulfide) groups is 1.